The van der Waals surface area contributed by atoms with Crippen LogP contribution in [-0.4, -0.2) is 25.2 Å². The van der Waals surface area contributed by atoms with E-state index < -0.39 is 0 Å². The van der Waals surface area contributed by atoms with Crippen LogP contribution in [0.4, 0.5) is 0 Å². The molecule has 2 fully saturated rings. The van der Waals surface area contributed by atoms with E-state index in [1.165, 1.54) is 32.5 Å². The van der Waals surface area contributed by atoms with E-state index in [4.69, 9.17) is 0 Å². The van der Waals surface area contributed by atoms with Crippen molar-refractivity contribution in [2.75, 3.05) is 19.6 Å². The van der Waals surface area contributed by atoms with E-state index in [-0.39, 0.29) is 24.8 Å². The molecule has 62 valence electrons. The van der Waals surface area contributed by atoms with Gasteiger partial charge in [0.1, 0.15) is 0 Å². The van der Waals surface area contributed by atoms with Gasteiger partial charge in [-0.05, 0) is 25.9 Å². The zero-order chi connectivity index (χ0) is 5.45. The molecule has 2 aliphatic rings. The Morgan fingerprint density at radius 2 is 1.70 bits per heavy atom. The van der Waals surface area contributed by atoms with Gasteiger partial charge in [0.05, 0.1) is 0 Å². The second kappa shape index (κ2) is 3.77. The Bertz CT molecular complexity index is 95.9. The molecular formula is C6H14Cl2N2. The van der Waals surface area contributed by atoms with Crippen LogP contribution in [0, 0.1) is 0 Å². The van der Waals surface area contributed by atoms with E-state index in [0.717, 1.165) is 0 Å². The van der Waals surface area contributed by atoms with Gasteiger partial charge in [-0.15, -0.1) is 24.8 Å². The lowest BCUT2D eigenvalue weighted by atomic mass is 9.87. The summed E-state index contributed by atoms with van der Waals surface area (Å²) in [5, 5.41) is 6.81. The Morgan fingerprint density at radius 3 is 1.90 bits per heavy atom. The maximum Gasteiger partial charge on any atom is 0.0330 e. The number of hydrogen-bond donors (Lipinski definition) is 2. The van der Waals surface area contributed by atoms with Gasteiger partial charge >= 0.3 is 0 Å². The van der Waals surface area contributed by atoms with Crippen molar-refractivity contribution in [2.45, 2.75) is 18.4 Å². The predicted molar refractivity (Wildman–Crippen MR) is 47.3 cm³/mol. The van der Waals surface area contributed by atoms with Gasteiger partial charge in [-0.2, -0.15) is 0 Å². The van der Waals surface area contributed by atoms with Gasteiger partial charge < -0.3 is 10.6 Å². The van der Waals surface area contributed by atoms with E-state index >= 15 is 0 Å². The van der Waals surface area contributed by atoms with Crippen molar-refractivity contribution >= 4 is 24.8 Å². The molecule has 4 heteroatoms. The molecule has 0 saturated carbocycles. The first kappa shape index (κ1) is 10.5. The molecule has 0 aromatic carbocycles. The third-order valence-electron chi connectivity index (χ3n) is 2.35. The summed E-state index contributed by atoms with van der Waals surface area (Å²) in [4.78, 5) is 0. The quantitative estimate of drug-likeness (QED) is 0.576. The molecule has 10 heavy (non-hydrogen) atoms. The fourth-order valence-corrected chi connectivity index (χ4v) is 1.59. The van der Waals surface area contributed by atoms with Gasteiger partial charge in [0.15, 0.2) is 0 Å². The Balaban J connectivity index is 0.000000405. The fraction of sp³-hybridized carbons (Fsp3) is 1.00. The molecule has 2 heterocycles. The lowest BCUT2D eigenvalue weighted by molar-refractivity contribution is 0.233. The van der Waals surface area contributed by atoms with E-state index in [0.29, 0.717) is 5.54 Å². The molecule has 0 radical (unpaired) electrons. The molecule has 2 N–H and O–H groups in total. The molecule has 0 amide bonds. The van der Waals surface area contributed by atoms with Crippen LogP contribution >= 0.6 is 24.8 Å². The minimum Gasteiger partial charge on any atom is -0.315 e. The topological polar surface area (TPSA) is 24.1 Å². The first-order valence-corrected chi connectivity index (χ1v) is 3.37. The molecule has 0 aromatic heterocycles. The highest BCUT2D eigenvalue weighted by atomic mass is 35.5. The summed E-state index contributed by atoms with van der Waals surface area (Å²) in [5.41, 5.74) is 0.556. The first-order valence-electron chi connectivity index (χ1n) is 3.37. The largest absolute Gasteiger partial charge is 0.315 e. The summed E-state index contributed by atoms with van der Waals surface area (Å²) < 4.78 is 0. The highest BCUT2D eigenvalue weighted by Gasteiger charge is 2.38. The maximum absolute atomic E-state index is 3.46. The van der Waals surface area contributed by atoms with Gasteiger partial charge in [0.25, 0.3) is 0 Å². The third kappa shape index (κ3) is 1.56. The number of hydrogen-bond acceptors (Lipinski definition) is 2. The maximum atomic E-state index is 3.46. The van der Waals surface area contributed by atoms with Crippen LogP contribution in [0.3, 0.4) is 0 Å². The Labute approximate surface area is 74.0 Å². The molecule has 0 bridgehead atoms. The fourth-order valence-electron chi connectivity index (χ4n) is 1.59. The van der Waals surface area contributed by atoms with E-state index in [2.05, 4.69) is 10.6 Å². The Kier molecular flexibility index (Phi) is 3.95. The van der Waals surface area contributed by atoms with Gasteiger partial charge in [0, 0.05) is 12.1 Å². The summed E-state index contributed by atoms with van der Waals surface area (Å²) >= 11 is 0. The van der Waals surface area contributed by atoms with Crippen LogP contribution in [0.5, 0.6) is 0 Å². The number of rotatable bonds is 0. The average Bonchev–Trinajstić information content (AvgIpc) is 2.07. The number of halogens is 2. The number of nitrogens with one attached hydrogen (secondary N) is 2. The van der Waals surface area contributed by atoms with Crippen LogP contribution in [0.25, 0.3) is 0 Å². The summed E-state index contributed by atoms with van der Waals surface area (Å²) in [6, 6.07) is 0. The van der Waals surface area contributed by atoms with Crippen molar-refractivity contribution in [1.82, 2.24) is 10.6 Å². The molecule has 0 aromatic rings. The molecule has 2 rings (SSSR count). The molecule has 0 aliphatic carbocycles. The van der Waals surface area contributed by atoms with E-state index in [1.54, 1.807) is 0 Å². The highest BCUT2D eigenvalue weighted by Crippen LogP contribution is 2.24. The lowest BCUT2D eigenvalue weighted by Gasteiger charge is -2.39. The van der Waals surface area contributed by atoms with Gasteiger partial charge in [0.2, 0.25) is 0 Å². The summed E-state index contributed by atoms with van der Waals surface area (Å²) in [5.74, 6) is 0. The second-order valence-electron chi connectivity index (χ2n) is 2.88. The van der Waals surface area contributed by atoms with Crippen LogP contribution in [0.15, 0.2) is 0 Å². The molecule has 1 atom stereocenters. The monoisotopic (exact) mass is 184 g/mol. The van der Waals surface area contributed by atoms with Gasteiger partial charge in [-0.1, -0.05) is 0 Å². The molecule has 2 saturated heterocycles. The van der Waals surface area contributed by atoms with Crippen LogP contribution in [0.2, 0.25) is 0 Å². The van der Waals surface area contributed by atoms with E-state index in [9.17, 15) is 0 Å². The summed E-state index contributed by atoms with van der Waals surface area (Å²) in [7, 11) is 0. The third-order valence-corrected chi connectivity index (χ3v) is 2.35. The van der Waals surface area contributed by atoms with Gasteiger partial charge in [-0.3, -0.25) is 0 Å². The Hall–Kier alpha value is 0.500. The van der Waals surface area contributed by atoms with Crippen LogP contribution in [0.1, 0.15) is 12.8 Å². The summed E-state index contributed by atoms with van der Waals surface area (Å²) in [6.07, 6.45) is 2.73. The smallest absolute Gasteiger partial charge is 0.0330 e. The van der Waals surface area contributed by atoms with Gasteiger partial charge in [-0.25, -0.2) is 0 Å². The van der Waals surface area contributed by atoms with Crippen molar-refractivity contribution in [3.63, 3.8) is 0 Å². The van der Waals surface area contributed by atoms with Crippen molar-refractivity contribution in [2.24, 2.45) is 0 Å². The SMILES string of the molecule is C1CC2(CCN2)CN1.Cl.Cl. The summed E-state index contributed by atoms with van der Waals surface area (Å²) in [6.45, 7) is 3.65. The molecule has 1 spiro atoms. The second-order valence-corrected chi connectivity index (χ2v) is 2.88. The predicted octanol–water partition coefficient (Wildman–Crippen LogP) is 0.555. The normalized spacial score (nSPS) is 36.0. The first-order chi connectivity index (χ1) is 3.91. The average molecular weight is 185 g/mol. The van der Waals surface area contributed by atoms with Crippen LogP contribution in [-0.2, 0) is 0 Å². The standard InChI is InChI=1S/C6H12N2.2ClH/c1-3-7-5-6(1)2-4-8-6;;/h7-8H,1-5H2;2*1H. The minimum absolute atomic E-state index is 0. The van der Waals surface area contributed by atoms with Crippen molar-refractivity contribution < 1.29 is 0 Å². The van der Waals surface area contributed by atoms with Crippen molar-refractivity contribution in [3.05, 3.63) is 0 Å². The highest BCUT2D eigenvalue weighted by molar-refractivity contribution is 5.85. The molecule has 2 nitrogen and oxygen atoms in total. The molecule has 2 aliphatic heterocycles. The zero-order valence-electron chi connectivity index (χ0n) is 5.85. The van der Waals surface area contributed by atoms with E-state index in [1.807, 2.05) is 0 Å². The minimum atomic E-state index is 0. The van der Waals surface area contributed by atoms with Crippen molar-refractivity contribution in [3.8, 4) is 0 Å². The van der Waals surface area contributed by atoms with Crippen molar-refractivity contribution in [1.29, 1.82) is 0 Å². The Morgan fingerprint density at radius 1 is 1.00 bits per heavy atom. The zero-order valence-corrected chi connectivity index (χ0v) is 7.49. The molecular weight excluding hydrogens is 171 g/mol. The molecule has 1 unspecified atom stereocenters. The lowest BCUT2D eigenvalue weighted by Crippen LogP contribution is -2.58. The van der Waals surface area contributed by atoms with Crippen LogP contribution < -0.4 is 10.6 Å².